The first-order valence-corrected chi connectivity index (χ1v) is 11.6. The fourth-order valence-corrected chi connectivity index (χ4v) is 5.64. The highest BCUT2D eigenvalue weighted by molar-refractivity contribution is 7.99. The number of nitrogens with two attached hydrogens (primary N) is 1. The zero-order valence-electron chi connectivity index (χ0n) is 16.2. The van der Waals surface area contributed by atoms with E-state index in [1.807, 2.05) is 4.57 Å². The van der Waals surface area contributed by atoms with Gasteiger partial charge < -0.3 is 10.3 Å². The van der Waals surface area contributed by atoms with Gasteiger partial charge in [0.05, 0.1) is 5.56 Å². The predicted octanol–water partition coefficient (Wildman–Crippen LogP) is 1.29. The van der Waals surface area contributed by atoms with Crippen molar-refractivity contribution < 1.29 is 18.0 Å². The number of fused-ring (bicyclic) bond motifs is 1. The summed E-state index contributed by atoms with van der Waals surface area (Å²) in [5.74, 6) is 0.415. The lowest BCUT2D eigenvalue weighted by molar-refractivity contribution is -0.118. The summed E-state index contributed by atoms with van der Waals surface area (Å²) >= 11 is 1.33. The molecule has 3 rings (SSSR count). The Morgan fingerprint density at radius 1 is 1.24 bits per heavy atom. The molecule has 0 spiro atoms. The molecule has 2 amide bonds. The second-order valence-corrected chi connectivity index (χ2v) is 9.99. The van der Waals surface area contributed by atoms with Crippen molar-refractivity contribution in [1.82, 2.24) is 19.1 Å². The van der Waals surface area contributed by atoms with Gasteiger partial charge in [0.2, 0.25) is 5.91 Å². The molecule has 0 fully saturated rings. The Morgan fingerprint density at radius 2 is 1.97 bits per heavy atom. The molecule has 2 heterocycles. The van der Waals surface area contributed by atoms with Crippen LogP contribution in [0.4, 0.5) is 0 Å². The van der Waals surface area contributed by atoms with Crippen molar-refractivity contribution in [2.45, 2.75) is 43.3 Å². The number of benzene rings is 1. The number of carbonyl (C=O) groups excluding carboxylic acids is 2. The third-order valence-electron chi connectivity index (χ3n) is 4.37. The standard InChI is InChI=1S/C18H23N5O4S2/c1-12(2)11-22-16(8-7-15(19)24)20-21-18(22)28-10-9-23-17(25)13-5-3-4-6-14(13)29(23,26)27/h3-6,12H,7-11H2,1-2H3,(H2,19,24). The summed E-state index contributed by atoms with van der Waals surface area (Å²) in [6, 6.07) is 6.21. The van der Waals surface area contributed by atoms with Gasteiger partial charge in [-0.1, -0.05) is 37.7 Å². The lowest BCUT2D eigenvalue weighted by Gasteiger charge is -2.15. The van der Waals surface area contributed by atoms with Gasteiger partial charge in [0.25, 0.3) is 15.9 Å². The number of aromatic nitrogens is 3. The summed E-state index contributed by atoms with van der Waals surface area (Å²) in [5, 5.41) is 8.95. The van der Waals surface area contributed by atoms with Crippen LogP contribution in [-0.4, -0.2) is 51.6 Å². The van der Waals surface area contributed by atoms with E-state index in [-0.39, 0.29) is 23.4 Å². The van der Waals surface area contributed by atoms with Gasteiger partial charge in [0.15, 0.2) is 5.16 Å². The zero-order valence-corrected chi connectivity index (χ0v) is 17.9. The third-order valence-corrected chi connectivity index (χ3v) is 7.16. The van der Waals surface area contributed by atoms with E-state index in [0.29, 0.717) is 35.6 Å². The monoisotopic (exact) mass is 437 g/mol. The SMILES string of the molecule is CC(C)Cn1c(CCC(N)=O)nnc1SCCN1C(=O)c2ccccc2S1(=O)=O. The van der Waals surface area contributed by atoms with Crippen molar-refractivity contribution in [3.05, 3.63) is 35.7 Å². The number of nitrogens with zero attached hydrogens (tertiary/aromatic N) is 4. The zero-order chi connectivity index (χ0) is 21.2. The molecule has 0 bridgehead atoms. The summed E-state index contributed by atoms with van der Waals surface area (Å²) in [6.45, 7) is 4.81. The van der Waals surface area contributed by atoms with Crippen LogP contribution in [0.15, 0.2) is 34.3 Å². The van der Waals surface area contributed by atoms with Gasteiger partial charge in [-0.05, 0) is 18.1 Å². The Bertz CT molecular complexity index is 1030. The molecule has 0 radical (unpaired) electrons. The van der Waals surface area contributed by atoms with Gasteiger partial charge in [-0.25, -0.2) is 12.7 Å². The molecule has 9 nitrogen and oxygen atoms in total. The van der Waals surface area contributed by atoms with Crippen LogP contribution in [0.3, 0.4) is 0 Å². The fourth-order valence-electron chi connectivity index (χ4n) is 3.07. The topological polar surface area (TPSA) is 128 Å². The Kier molecular flexibility index (Phi) is 6.27. The van der Waals surface area contributed by atoms with E-state index in [1.54, 1.807) is 12.1 Å². The molecule has 0 aliphatic carbocycles. The maximum Gasteiger partial charge on any atom is 0.269 e. The number of hydrogen-bond donors (Lipinski definition) is 1. The number of sulfonamides is 1. The maximum atomic E-state index is 12.6. The van der Waals surface area contributed by atoms with Crippen LogP contribution in [0, 0.1) is 5.92 Å². The average molecular weight is 438 g/mol. The van der Waals surface area contributed by atoms with E-state index in [1.165, 1.54) is 23.9 Å². The van der Waals surface area contributed by atoms with Crippen LogP contribution in [0.1, 0.15) is 36.5 Å². The molecule has 1 aliphatic heterocycles. The minimum Gasteiger partial charge on any atom is -0.370 e. The minimum atomic E-state index is -3.82. The van der Waals surface area contributed by atoms with Crippen LogP contribution >= 0.6 is 11.8 Å². The minimum absolute atomic E-state index is 0.0334. The molecule has 2 N–H and O–H groups in total. The second-order valence-electron chi connectivity index (χ2n) is 7.10. The Labute approximate surface area is 173 Å². The maximum absolute atomic E-state index is 12.6. The Balaban J connectivity index is 1.71. The van der Waals surface area contributed by atoms with Gasteiger partial charge in [-0.3, -0.25) is 9.59 Å². The number of primary amides is 1. The smallest absolute Gasteiger partial charge is 0.269 e. The van der Waals surface area contributed by atoms with Gasteiger partial charge in [0, 0.05) is 31.7 Å². The quantitative estimate of drug-likeness (QED) is 0.585. The molecule has 0 saturated heterocycles. The Morgan fingerprint density at radius 3 is 2.62 bits per heavy atom. The van der Waals surface area contributed by atoms with Crippen molar-refractivity contribution in [2.24, 2.45) is 11.7 Å². The lowest BCUT2D eigenvalue weighted by Crippen LogP contribution is -2.32. The molecular weight excluding hydrogens is 414 g/mol. The van der Waals surface area contributed by atoms with Gasteiger partial charge in [0.1, 0.15) is 10.7 Å². The number of carbonyl (C=O) groups is 2. The van der Waals surface area contributed by atoms with Crippen molar-refractivity contribution in [3.63, 3.8) is 0 Å². The lowest BCUT2D eigenvalue weighted by atomic mass is 10.2. The van der Waals surface area contributed by atoms with Gasteiger partial charge >= 0.3 is 0 Å². The number of hydrogen-bond acceptors (Lipinski definition) is 7. The number of rotatable bonds is 9. The van der Waals surface area contributed by atoms with Crippen molar-refractivity contribution in [2.75, 3.05) is 12.3 Å². The van der Waals surface area contributed by atoms with Crippen molar-refractivity contribution in [1.29, 1.82) is 0 Å². The van der Waals surface area contributed by atoms with Gasteiger partial charge in [-0.15, -0.1) is 10.2 Å². The van der Waals surface area contributed by atoms with Crippen LogP contribution in [-0.2, 0) is 27.8 Å². The molecular formula is C18H23N5O4S2. The molecule has 0 atom stereocenters. The highest BCUT2D eigenvalue weighted by atomic mass is 32.2. The van der Waals surface area contributed by atoms with Crippen molar-refractivity contribution in [3.8, 4) is 0 Å². The largest absolute Gasteiger partial charge is 0.370 e. The van der Waals surface area contributed by atoms with E-state index >= 15 is 0 Å². The summed E-state index contributed by atoms with van der Waals surface area (Å²) < 4.78 is 28.1. The van der Waals surface area contributed by atoms with Crippen LogP contribution in [0.5, 0.6) is 0 Å². The number of aryl methyl sites for hydroxylation is 1. The van der Waals surface area contributed by atoms with E-state index < -0.39 is 21.8 Å². The Hall–Kier alpha value is -2.40. The van der Waals surface area contributed by atoms with Crippen molar-refractivity contribution >= 4 is 33.6 Å². The van der Waals surface area contributed by atoms with Gasteiger partial charge in [-0.2, -0.15) is 0 Å². The summed E-state index contributed by atoms with van der Waals surface area (Å²) in [7, 11) is -3.82. The first kappa shape index (κ1) is 21.3. The average Bonchev–Trinajstić information content (AvgIpc) is 3.11. The van der Waals surface area contributed by atoms with Crippen LogP contribution in [0.25, 0.3) is 0 Å². The third kappa shape index (κ3) is 4.45. The predicted molar refractivity (Wildman–Crippen MR) is 108 cm³/mol. The molecule has 0 saturated carbocycles. The highest BCUT2D eigenvalue weighted by Gasteiger charge is 2.40. The van der Waals surface area contributed by atoms with Crippen LogP contribution in [0.2, 0.25) is 0 Å². The van der Waals surface area contributed by atoms with E-state index in [0.717, 1.165) is 4.31 Å². The molecule has 11 heteroatoms. The van der Waals surface area contributed by atoms with Crippen LogP contribution < -0.4 is 5.73 Å². The molecule has 29 heavy (non-hydrogen) atoms. The highest BCUT2D eigenvalue weighted by Crippen LogP contribution is 2.30. The normalized spacial score (nSPS) is 15.1. The number of thioether (sulfide) groups is 1. The molecule has 0 unspecified atom stereocenters. The molecule has 1 aromatic carbocycles. The fraction of sp³-hybridized carbons (Fsp3) is 0.444. The molecule has 1 aliphatic rings. The first-order valence-electron chi connectivity index (χ1n) is 9.21. The number of amides is 2. The second kappa shape index (κ2) is 8.54. The first-order chi connectivity index (χ1) is 13.7. The molecule has 1 aromatic heterocycles. The van der Waals surface area contributed by atoms with E-state index in [9.17, 15) is 18.0 Å². The van der Waals surface area contributed by atoms with E-state index in [4.69, 9.17) is 5.73 Å². The molecule has 156 valence electrons. The molecule has 2 aromatic rings. The summed E-state index contributed by atoms with van der Waals surface area (Å²) in [5.41, 5.74) is 5.43. The summed E-state index contributed by atoms with van der Waals surface area (Å²) in [6.07, 6.45) is 0.573. The van der Waals surface area contributed by atoms with E-state index in [2.05, 4.69) is 24.0 Å². The summed E-state index contributed by atoms with van der Waals surface area (Å²) in [4.78, 5) is 23.6.